The third kappa shape index (κ3) is 2.33. The van der Waals surface area contributed by atoms with Gasteiger partial charge in [0, 0.05) is 11.6 Å². The van der Waals surface area contributed by atoms with Crippen molar-refractivity contribution < 1.29 is 5.11 Å². The molecule has 0 aliphatic carbocycles. The summed E-state index contributed by atoms with van der Waals surface area (Å²) in [5.41, 5.74) is 0.208. The van der Waals surface area contributed by atoms with E-state index in [1.807, 2.05) is 31.3 Å². The fourth-order valence-electron chi connectivity index (χ4n) is 2.26. The zero-order valence-corrected chi connectivity index (χ0v) is 9.67. The lowest BCUT2D eigenvalue weighted by molar-refractivity contribution is -0.0277. The maximum Gasteiger partial charge on any atom is 0.102 e. The summed E-state index contributed by atoms with van der Waals surface area (Å²) in [6, 6.07) is 7.54. The van der Waals surface area contributed by atoms with E-state index in [0.717, 1.165) is 24.9 Å². The molecule has 1 saturated heterocycles. The van der Waals surface area contributed by atoms with E-state index in [2.05, 4.69) is 4.90 Å². The van der Waals surface area contributed by atoms with Gasteiger partial charge in [-0.15, -0.1) is 0 Å². The topological polar surface area (TPSA) is 23.5 Å². The molecule has 2 nitrogen and oxygen atoms in total. The van der Waals surface area contributed by atoms with Gasteiger partial charge >= 0.3 is 0 Å². The van der Waals surface area contributed by atoms with Crippen molar-refractivity contribution in [3.8, 4) is 0 Å². The zero-order chi connectivity index (χ0) is 10.9. The highest BCUT2D eigenvalue weighted by atomic mass is 35.5. The number of nitrogens with zero attached hydrogens (tertiary/aromatic N) is 1. The third-order valence-electron chi connectivity index (χ3n) is 3.02. The summed E-state index contributed by atoms with van der Waals surface area (Å²) >= 11 is 5.94. The Balaban J connectivity index is 2.28. The molecule has 1 unspecified atom stereocenters. The Labute approximate surface area is 95.5 Å². The molecule has 1 aromatic carbocycles. The van der Waals surface area contributed by atoms with Gasteiger partial charge < -0.3 is 10.0 Å². The molecule has 0 spiro atoms. The zero-order valence-electron chi connectivity index (χ0n) is 8.91. The SMILES string of the molecule is CN1CCCC(O)(c2cccc(Cl)c2)C1. The van der Waals surface area contributed by atoms with Gasteiger partial charge in [0.1, 0.15) is 5.60 Å². The number of likely N-dealkylation sites (N-methyl/N-ethyl adjacent to an activating group) is 1. The molecule has 2 rings (SSSR count). The summed E-state index contributed by atoms with van der Waals surface area (Å²) in [6.45, 7) is 1.75. The minimum Gasteiger partial charge on any atom is -0.384 e. The van der Waals surface area contributed by atoms with Crippen LogP contribution in [0.15, 0.2) is 24.3 Å². The van der Waals surface area contributed by atoms with Crippen molar-refractivity contribution in [3.05, 3.63) is 34.9 Å². The number of β-amino-alcohol motifs (C(OH)–C–C–N with tert-alkyl or cyclic N) is 1. The van der Waals surface area contributed by atoms with Crippen molar-refractivity contribution in [1.29, 1.82) is 0 Å². The van der Waals surface area contributed by atoms with E-state index < -0.39 is 5.60 Å². The number of piperidine rings is 1. The Morgan fingerprint density at radius 1 is 1.47 bits per heavy atom. The molecule has 0 bridgehead atoms. The molecule has 0 radical (unpaired) electrons. The van der Waals surface area contributed by atoms with E-state index in [4.69, 9.17) is 11.6 Å². The quantitative estimate of drug-likeness (QED) is 0.793. The summed E-state index contributed by atoms with van der Waals surface area (Å²) in [7, 11) is 2.04. The molecule has 1 heterocycles. The standard InChI is InChI=1S/C12H16ClNO/c1-14-7-3-6-12(15,9-14)10-4-2-5-11(13)8-10/h2,4-5,8,15H,3,6-7,9H2,1H3. The van der Waals surface area contributed by atoms with E-state index >= 15 is 0 Å². The van der Waals surface area contributed by atoms with E-state index in [-0.39, 0.29) is 0 Å². The van der Waals surface area contributed by atoms with Gasteiger partial charge in [-0.1, -0.05) is 23.7 Å². The molecule has 0 aromatic heterocycles. The molecule has 1 N–H and O–H groups in total. The van der Waals surface area contributed by atoms with Crippen molar-refractivity contribution in [1.82, 2.24) is 4.90 Å². The smallest absolute Gasteiger partial charge is 0.102 e. The molecule has 1 aliphatic heterocycles. The maximum absolute atomic E-state index is 10.5. The van der Waals surface area contributed by atoms with Crippen LogP contribution in [-0.4, -0.2) is 30.1 Å². The monoisotopic (exact) mass is 225 g/mol. The number of hydrogen-bond acceptors (Lipinski definition) is 2. The Kier molecular flexibility index (Phi) is 3.01. The normalized spacial score (nSPS) is 27.9. The molecule has 1 aliphatic rings. The summed E-state index contributed by atoms with van der Waals surface area (Å²) in [5.74, 6) is 0. The molecule has 1 atom stereocenters. The van der Waals surface area contributed by atoms with Gasteiger partial charge in [-0.2, -0.15) is 0 Å². The Morgan fingerprint density at radius 2 is 2.27 bits per heavy atom. The molecule has 0 saturated carbocycles. The average molecular weight is 226 g/mol. The molecule has 82 valence electrons. The van der Waals surface area contributed by atoms with Gasteiger partial charge in [0.25, 0.3) is 0 Å². The molecular weight excluding hydrogens is 210 g/mol. The largest absolute Gasteiger partial charge is 0.384 e. The lowest BCUT2D eigenvalue weighted by Crippen LogP contribution is -2.44. The summed E-state index contributed by atoms with van der Waals surface area (Å²) in [6.07, 6.45) is 1.84. The van der Waals surface area contributed by atoms with Gasteiger partial charge in [-0.25, -0.2) is 0 Å². The van der Waals surface area contributed by atoms with Crippen LogP contribution >= 0.6 is 11.6 Å². The number of halogens is 1. The van der Waals surface area contributed by atoms with Gasteiger partial charge in [-0.05, 0) is 44.1 Å². The fourth-order valence-corrected chi connectivity index (χ4v) is 2.45. The van der Waals surface area contributed by atoms with Crippen molar-refractivity contribution in [2.45, 2.75) is 18.4 Å². The number of likely N-dealkylation sites (tertiary alicyclic amines) is 1. The second kappa shape index (κ2) is 4.12. The molecule has 1 aromatic rings. The van der Waals surface area contributed by atoms with Crippen LogP contribution in [0.1, 0.15) is 18.4 Å². The van der Waals surface area contributed by atoms with Gasteiger partial charge in [-0.3, -0.25) is 0 Å². The van der Waals surface area contributed by atoms with Crippen molar-refractivity contribution in [2.24, 2.45) is 0 Å². The molecule has 15 heavy (non-hydrogen) atoms. The number of rotatable bonds is 1. The molecule has 1 fully saturated rings. The maximum atomic E-state index is 10.5. The minimum absolute atomic E-state index is 0.688. The van der Waals surface area contributed by atoms with Crippen LogP contribution in [0.25, 0.3) is 0 Å². The first-order valence-electron chi connectivity index (χ1n) is 5.27. The highest BCUT2D eigenvalue weighted by Crippen LogP contribution is 2.31. The van der Waals surface area contributed by atoms with Crippen LogP contribution in [0.5, 0.6) is 0 Å². The van der Waals surface area contributed by atoms with E-state index in [1.54, 1.807) is 0 Å². The van der Waals surface area contributed by atoms with Crippen LogP contribution in [0.4, 0.5) is 0 Å². The van der Waals surface area contributed by atoms with Gasteiger partial charge in [0.2, 0.25) is 0 Å². The Morgan fingerprint density at radius 3 is 2.93 bits per heavy atom. The van der Waals surface area contributed by atoms with Crippen molar-refractivity contribution in [3.63, 3.8) is 0 Å². The highest BCUT2D eigenvalue weighted by molar-refractivity contribution is 6.30. The summed E-state index contributed by atoms with van der Waals surface area (Å²) < 4.78 is 0. The first kappa shape index (κ1) is 10.9. The van der Waals surface area contributed by atoms with Crippen molar-refractivity contribution >= 4 is 11.6 Å². The summed E-state index contributed by atoms with van der Waals surface area (Å²) in [4.78, 5) is 2.16. The van der Waals surface area contributed by atoms with Crippen molar-refractivity contribution in [2.75, 3.05) is 20.1 Å². The van der Waals surface area contributed by atoms with Crippen LogP contribution in [-0.2, 0) is 5.60 Å². The van der Waals surface area contributed by atoms with E-state index in [0.29, 0.717) is 11.6 Å². The average Bonchev–Trinajstić information content (AvgIpc) is 2.17. The number of hydrogen-bond donors (Lipinski definition) is 1. The van der Waals surface area contributed by atoms with Crippen LogP contribution < -0.4 is 0 Å². The highest BCUT2D eigenvalue weighted by Gasteiger charge is 2.33. The van der Waals surface area contributed by atoms with E-state index in [1.165, 1.54) is 0 Å². The Bertz CT molecular complexity index is 355. The lowest BCUT2D eigenvalue weighted by Gasteiger charge is -2.37. The van der Waals surface area contributed by atoms with Gasteiger partial charge in [0.05, 0.1) is 0 Å². The van der Waals surface area contributed by atoms with Crippen LogP contribution in [0.2, 0.25) is 5.02 Å². The first-order chi connectivity index (χ1) is 7.10. The van der Waals surface area contributed by atoms with Crippen LogP contribution in [0.3, 0.4) is 0 Å². The predicted molar refractivity (Wildman–Crippen MR) is 62.1 cm³/mol. The number of benzene rings is 1. The van der Waals surface area contributed by atoms with Crippen LogP contribution in [0, 0.1) is 0 Å². The molecule has 0 amide bonds. The van der Waals surface area contributed by atoms with E-state index in [9.17, 15) is 5.11 Å². The third-order valence-corrected chi connectivity index (χ3v) is 3.26. The minimum atomic E-state index is -0.724. The number of aliphatic hydroxyl groups is 1. The predicted octanol–water partition coefficient (Wildman–Crippen LogP) is 2.25. The summed E-state index contributed by atoms with van der Waals surface area (Å²) in [5, 5.41) is 11.2. The first-order valence-corrected chi connectivity index (χ1v) is 5.65. The Hall–Kier alpha value is -0.570. The fraction of sp³-hybridized carbons (Fsp3) is 0.500. The molecular formula is C12H16ClNO. The lowest BCUT2D eigenvalue weighted by atomic mass is 9.86. The second-order valence-electron chi connectivity index (χ2n) is 4.38. The van der Waals surface area contributed by atoms with Gasteiger partial charge in [0.15, 0.2) is 0 Å². The second-order valence-corrected chi connectivity index (χ2v) is 4.82. The molecule has 3 heteroatoms.